The summed E-state index contributed by atoms with van der Waals surface area (Å²) in [5, 5.41) is 12.3. The number of benzene rings is 1. The first-order valence-corrected chi connectivity index (χ1v) is 7.34. The Morgan fingerprint density at radius 2 is 2.14 bits per heavy atom. The number of fused-ring (bicyclic) bond motifs is 1. The monoisotopic (exact) mass is 290 g/mol. The molecule has 2 atom stereocenters. The molecule has 2 rings (SSSR count). The SMILES string of the molecule is CCN(CC(C)C(=O)O)C(=O)C1CNCc2ccccc21. The smallest absolute Gasteiger partial charge is 0.308 e. The van der Waals surface area contributed by atoms with Crippen LogP contribution in [0.15, 0.2) is 24.3 Å². The first-order chi connectivity index (χ1) is 10.0. The zero-order chi connectivity index (χ0) is 15.4. The molecule has 0 bridgehead atoms. The Bertz CT molecular complexity index is 530. The molecule has 1 amide bonds. The Labute approximate surface area is 125 Å². The van der Waals surface area contributed by atoms with Crippen LogP contribution in [-0.2, 0) is 16.1 Å². The highest BCUT2D eigenvalue weighted by atomic mass is 16.4. The van der Waals surface area contributed by atoms with Crippen molar-refractivity contribution in [3.63, 3.8) is 0 Å². The van der Waals surface area contributed by atoms with E-state index in [1.165, 1.54) is 0 Å². The second kappa shape index (κ2) is 6.72. The van der Waals surface area contributed by atoms with Gasteiger partial charge in [0.2, 0.25) is 5.91 Å². The van der Waals surface area contributed by atoms with Crippen LogP contribution in [0.25, 0.3) is 0 Å². The normalized spacial score (nSPS) is 18.7. The minimum atomic E-state index is -0.872. The van der Waals surface area contributed by atoms with Crippen molar-refractivity contribution in [2.45, 2.75) is 26.3 Å². The van der Waals surface area contributed by atoms with Gasteiger partial charge in [0.1, 0.15) is 0 Å². The first kappa shape index (κ1) is 15.5. The molecule has 21 heavy (non-hydrogen) atoms. The standard InChI is InChI=1S/C16H22N2O3/c1-3-18(10-11(2)16(20)21)15(19)14-9-17-8-12-6-4-5-7-13(12)14/h4-7,11,14,17H,3,8-10H2,1-2H3,(H,20,21). The summed E-state index contributed by atoms with van der Waals surface area (Å²) in [7, 11) is 0. The molecule has 114 valence electrons. The van der Waals surface area contributed by atoms with Crippen LogP contribution in [0.4, 0.5) is 0 Å². The third-order valence-corrected chi connectivity index (χ3v) is 4.00. The van der Waals surface area contributed by atoms with E-state index in [1.807, 2.05) is 31.2 Å². The molecule has 2 N–H and O–H groups in total. The van der Waals surface area contributed by atoms with E-state index in [2.05, 4.69) is 5.32 Å². The summed E-state index contributed by atoms with van der Waals surface area (Å²) in [6, 6.07) is 7.93. The van der Waals surface area contributed by atoms with Crippen molar-refractivity contribution < 1.29 is 14.7 Å². The quantitative estimate of drug-likeness (QED) is 0.861. The van der Waals surface area contributed by atoms with Gasteiger partial charge in [-0.1, -0.05) is 31.2 Å². The fourth-order valence-electron chi connectivity index (χ4n) is 2.72. The Morgan fingerprint density at radius 3 is 2.81 bits per heavy atom. The van der Waals surface area contributed by atoms with Gasteiger partial charge in [0.15, 0.2) is 0 Å². The second-order valence-corrected chi connectivity index (χ2v) is 5.50. The molecular formula is C16H22N2O3. The summed E-state index contributed by atoms with van der Waals surface area (Å²) in [5.41, 5.74) is 2.20. The molecule has 0 spiro atoms. The second-order valence-electron chi connectivity index (χ2n) is 5.50. The number of hydrogen-bond donors (Lipinski definition) is 2. The van der Waals surface area contributed by atoms with E-state index in [0.29, 0.717) is 13.1 Å². The van der Waals surface area contributed by atoms with E-state index < -0.39 is 11.9 Å². The number of carbonyl (C=O) groups is 2. The number of nitrogens with zero attached hydrogens (tertiary/aromatic N) is 1. The van der Waals surface area contributed by atoms with E-state index >= 15 is 0 Å². The fourth-order valence-corrected chi connectivity index (χ4v) is 2.72. The number of likely N-dealkylation sites (N-methyl/N-ethyl adjacent to an activating group) is 1. The van der Waals surface area contributed by atoms with Gasteiger partial charge >= 0.3 is 5.97 Å². The Hall–Kier alpha value is -1.88. The highest BCUT2D eigenvalue weighted by Gasteiger charge is 2.30. The van der Waals surface area contributed by atoms with Crippen molar-refractivity contribution in [1.82, 2.24) is 10.2 Å². The zero-order valence-electron chi connectivity index (χ0n) is 12.5. The highest BCUT2D eigenvalue weighted by molar-refractivity contribution is 5.85. The predicted molar refractivity (Wildman–Crippen MR) is 79.9 cm³/mol. The molecule has 5 heteroatoms. The van der Waals surface area contributed by atoms with Crippen LogP contribution in [0.5, 0.6) is 0 Å². The van der Waals surface area contributed by atoms with Crippen molar-refractivity contribution in [3.8, 4) is 0 Å². The Morgan fingerprint density at radius 1 is 1.43 bits per heavy atom. The lowest BCUT2D eigenvalue weighted by Crippen LogP contribution is -2.44. The van der Waals surface area contributed by atoms with Gasteiger partial charge in [-0.15, -0.1) is 0 Å². The molecule has 0 radical (unpaired) electrons. The van der Waals surface area contributed by atoms with Crippen molar-refractivity contribution in [2.24, 2.45) is 5.92 Å². The summed E-state index contributed by atoms with van der Waals surface area (Å²) >= 11 is 0. The van der Waals surface area contributed by atoms with Gasteiger partial charge in [-0.25, -0.2) is 0 Å². The minimum absolute atomic E-state index is 0.00486. The number of carbonyl (C=O) groups excluding carboxylic acids is 1. The zero-order valence-corrected chi connectivity index (χ0v) is 12.5. The van der Waals surface area contributed by atoms with Gasteiger partial charge in [0, 0.05) is 26.2 Å². The molecule has 1 aliphatic rings. The van der Waals surface area contributed by atoms with Crippen molar-refractivity contribution in [2.75, 3.05) is 19.6 Å². The van der Waals surface area contributed by atoms with E-state index in [0.717, 1.165) is 17.7 Å². The Balaban J connectivity index is 2.17. The van der Waals surface area contributed by atoms with Crippen molar-refractivity contribution in [3.05, 3.63) is 35.4 Å². The van der Waals surface area contributed by atoms with Gasteiger partial charge in [0.05, 0.1) is 11.8 Å². The molecule has 1 heterocycles. The summed E-state index contributed by atoms with van der Waals surface area (Å²) in [4.78, 5) is 25.4. The molecule has 1 aliphatic heterocycles. The van der Waals surface area contributed by atoms with Crippen LogP contribution in [0.3, 0.4) is 0 Å². The number of nitrogens with one attached hydrogen (secondary N) is 1. The molecule has 0 aromatic heterocycles. The number of carboxylic acid groups (broad SMARTS) is 1. The minimum Gasteiger partial charge on any atom is -0.481 e. The molecule has 0 fully saturated rings. The van der Waals surface area contributed by atoms with Crippen LogP contribution in [0.1, 0.15) is 30.9 Å². The third kappa shape index (κ3) is 3.42. The third-order valence-electron chi connectivity index (χ3n) is 4.00. The molecule has 0 aliphatic carbocycles. The van der Waals surface area contributed by atoms with E-state index in [9.17, 15) is 9.59 Å². The van der Waals surface area contributed by atoms with Crippen molar-refractivity contribution in [1.29, 1.82) is 0 Å². The van der Waals surface area contributed by atoms with Gasteiger partial charge in [-0.05, 0) is 18.1 Å². The maximum Gasteiger partial charge on any atom is 0.308 e. The molecule has 2 unspecified atom stereocenters. The van der Waals surface area contributed by atoms with Crippen LogP contribution in [0.2, 0.25) is 0 Å². The lowest BCUT2D eigenvalue weighted by Gasteiger charge is -2.31. The summed E-state index contributed by atoms with van der Waals surface area (Å²) in [6.45, 7) is 5.67. The van der Waals surface area contributed by atoms with Crippen LogP contribution in [-0.4, -0.2) is 41.5 Å². The molecule has 0 saturated carbocycles. The molecule has 1 aromatic carbocycles. The number of aliphatic carboxylic acids is 1. The predicted octanol–water partition coefficient (Wildman–Crippen LogP) is 1.44. The number of carboxylic acids is 1. The average Bonchev–Trinajstić information content (AvgIpc) is 2.51. The van der Waals surface area contributed by atoms with Gasteiger partial charge in [-0.2, -0.15) is 0 Å². The van der Waals surface area contributed by atoms with E-state index in [4.69, 9.17) is 5.11 Å². The highest BCUT2D eigenvalue weighted by Crippen LogP contribution is 2.25. The van der Waals surface area contributed by atoms with Gasteiger partial charge < -0.3 is 15.3 Å². The maximum absolute atomic E-state index is 12.7. The average molecular weight is 290 g/mol. The molecule has 1 aromatic rings. The molecule has 5 nitrogen and oxygen atoms in total. The fraction of sp³-hybridized carbons (Fsp3) is 0.500. The van der Waals surface area contributed by atoms with E-state index in [-0.39, 0.29) is 18.4 Å². The number of hydrogen-bond acceptors (Lipinski definition) is 3. The van der Waals surface area contributed by atoms with Crippen molar-refractivity contribution >= 4 is 11.9 Å². The van der Waals surface area contributed by atoms with Gasteiger partial charge in [0.25, 0.3) is 0 Å². The summed E-state index contributed by atoms with van der Waals surface area (Å²) in [6.07, 6.45) is 0. The first-order valence-electron chi connectivity index (χ1n) is 7.34. The topological polar surface area (TPSA) is 69.6 Å². The van der Waals surface area contributed by atoms with Crippen LogP contribution < -0.4 is 5.32 Å². The molecular weight excluding hydrogens is 268 g/mol. The summed E-state index contributed by atoms with van der Waals surface area (Å²) < 4.78 is 0. The number of rotatable bonds is 5. The number of amides is 1. The Kier molecular flexibility index (Phi) is 4.96. The van der Waals surface area contributed by atoms with Crippen LogP contribution in [0, 0.1) is 5.92 Å². The van der Waals surface area contributed by atoms with E-state index in [1.54, 1.807) is 11.8 Å². The van der Waals surface area contributed by atoms with Gasteiger partial charge in [-0.3, -0.25) is 9.59 Å². The lowest BCUT2D eigenvalue weighted by atomic mass is 9.89. The van der Waals surface area contributed by atoms with Crippen LogP contribution >= 0.6 is 0 Å². The lowest BCUT2D eigenvalue weighted by molar-refractivity contribution is -0.143. The molecule has 0 saturated heterocycles. The largest absolute Gasteiger partial charge is 0.481 e. The summed E-state index contributed by atoms with van der Waals surface area (Å²) in [5.74, 6) is -1.65. The maximum atomic E-state index is 12.7.